The molecule has 0 unspecified atom stereocenters. The number of hydrogen-bond donors (Lipinski definition) is 1. The van der Waals surface area contributed by atoms with Crippen molar-refractivity contribution < 1.29 is 43.5 Å². The second-order valence-corrected chi connectivity index (χ2v) is 6.72. The Kier molecular flexibility index (Phi) is 12.7. The second kappa shape index (κ2) is 14.3. The number of nitro benzene ring substituents is 2. The Labute approximate surface area is 201 Å². The molecule has 0 aromatic heterocycles. The van der Waals surface area contributed by atoms with E-state index in [0.29, 0.717) is 11.1 Å². The molecule has 13 nitrogen and oxygen atoms in total. The van der Waals surface area contributed by atoms with Crippen LogP contribution in [0, 0.1) is 34.1 Å². The first kappa shape index (κ1) is 31.1. The number of carboxylic acids is 1. The lowest BCUT2D eigenvalue weighted by Gasteiger charge is -2.23. The quantitative estimate of drug-likeness (QED) is 0.254. The number of carboxylic acid groups (broad SMARTS) is 1. The zero-order valence-electron chi connectivity index (χ0n) is 20.4. The van der Waals surface area contributed by atoms with Crippen molar-refractivity contribution in [3.8, 4) is 0 Å². The Balaban J connectivity index is 0.000000516. The number of carbonyl (C=O) groups is 2. The van der Waals surface area contributed by atoms with Gasteiger partial charge in [-0.3, -0.25) is 20.2 Å². The van der Waals surface area contributed by atoms with Gasteiger partial charge in [-0.25, -0.2) is 9.59 Å². The maximum Gasteiger partial charge on any atom is 0.345 e. The average molecular weight is 496 g/mol. The van der Waals surface area contributed by atoms with Gasteiger partial charge in [-0.15, -0.1) is 0 Å². The van der Waals surface area contributed by atoms with E-state index < -0.39 is 27.8 Å². The smallest absolute Gasteiger partial charge is 0.345 e. The van der Waals surface area contributed by atoms with Crippen molar-refractivity contribution in [2.75, 3.05) is 28.4 Å². The first-order valence-corrected chi connectivity index (χ1v) is 9.75. The van der Waals surface area contributed by atoms with Crippen LogP contribution in [0.2, 0.25) is 0 Å². The summed E-state index contributed by atoms with van der Waals surface area (Å²) in [6.07, 6.45) is 0. The van der Waals surface area contributed by atoms with E-state index in [9.17, 15) is 29.8 Å². The van der Waals surface area contributed by atoms with Gasteiger partial charge in [0, 0.05) is 40.4 Å². The molecule has 2 aromatic carbocycles. The fourth-order valence-electron chi connectivity index (χ4n) is 2.50. The van der Waals surface area contributed by atoms with Gasteiger partial charge in [0.1, 0.15) is 11.1 Å². The number of carbonyl (C=O) groups excluding carboxylic acids is 1. The summed E-state index contributed by atoms with van der Waals surface area (Å²) < 4.78 is 18.8. The van der Waals surface area contributed by atoms with Crippen LogP contribution in [0.1, 0.15) is 38.8 Å². The standard InChI is InChI=1S/C9H9NO4.C8H7NO4.C5H12O3/c1-6-4-3-5-7(10(12)13)8(6)9(11)14-2;1-5-3-2-4-6(9(12)13)7(5)8(10)11;1-5(6-2,7-3)8-4/h3-5H,1-2H3;2-4H,1H3,(H,10,11);1-4H3. The molecule has 0 saturated carbocycles. The minimum atomic E-state index is -1.27. The minimum absolute atomic E-state index is 0.0139. The molecular formula is C22H28N2O11. The molecule has 0 aliphatic heterocycles. The molecule has 0 aliphatic carbocycles. The molecule has 2 aromatic rings. The van der Waals surface area contributed by atoms with Crippen LogP contribution in [-0.4, -0.2) is 61.3 Å². The van der Waals surface area contributed by atoms with Crippen LogP contribution < -0.4 is 0 Å². The summed E-state index contributed by atoms with van der Waals surface area (Å²) in [5.41, 5.74) is 0.101. The number of nitro groups is 2. The summed E-state index contributed by atoms with van der Waals surface area (Å²) in [6.45, 7) is 4.84. The zero-order valence-corrected chi connectivity index (χ0v) is 20.4. The lowest BCUT2D eigenvalue weighted by Crippen LogP contribution is -2.31. The van der Waals surface area contributed by atoms with E-state index in [0.717, 1.165) is 0 Å². The Morgan fingerprint density at radius 1 is 0.800 bits per heavy atom. The van der Waals surface area contributed by atoms with Crippen LogP contribution in [0.4, 0.5) is 11.4 Å². The number of nitrogens with zero attached hydrogens (tertiary/aromatic N) is 2. The van der Waals surface area contributed by atoms with Crippen LogP contribution in [0.3, 0.4) is 0 Å². The molecule has 2 rings (SSSR count). The first-order valence-electron chi connectivity index (χ1n) is 9.75. The molecule has 13 heteroatoms. The minimum Gasteiger partial charge on any atom is -0.477 e. The van der Waals surface area contributed by atoms with Gasteiger partial charge in [-0.1, -0.05) is 24.3 Å². The van der Waals surface area contributed by atoms with Crippen molar-refractivity contribution in [1.29, 1.82) is 0 Å². The van der Waals surface area contributed by atoms with Gasteiger partial charge >= 0.3 is 11.9 Å². The third kappa shape index (κ3) is 9.08. The number of esters is 1. The van der Waals surface area contributed by atoms with E-state index in [2.05, 4.69) is 4.74 Å². The highest BCUT2D eigenvalue weighted by atomic mass is 16.9. The number of ether oxygens (including phenoxy) is 4. The maximum absolute atomic E-state index is 11.2. The first-order chi connectivity index (χ1) is 16.3. The number of methoxy groups -OCH3 is 4. The highest BCUT2D eigenvalue weighted by Crippen LogP contribution is 2.22. The van der Waals surface area contributed by atoms with Crippen molar-refractivity contribution in [2.24, 2.45) is 0 Å². The van der Waals surface area contributed by atoms with E-state index in [-0.39, 0.29) is 22.5 Å². The maximum atomic E-state index is 11.2. The van der Waals surface area contributed by atoms with E-state index in [1.54, 1.807) is 19.9 Å². The zero-order chi connectivity index (χ0) is 27.3. The Hall–Kier alpha value is -3.94. The number of aryl methyl sites for hydroxylation is 2. The third-order valence-electron chi connectivity index (χ3n) is 4.61. The molecule has 0 amide bonds. The van der Waals surface area contributed by atoms with Crippen molar-refractivity contribution >= 4 is 23.3 Å². The SMILES string of the molecule is COC(=O)c1c(C)cccc1[N+](=O)[O-].COC(C)(OC)OC.Cc1cccc([N+](=O)[O-])c1C(=O)O. The van der Waals surface area contributed by atoms with Crippen LogP contribution in [0.25, 0.3) is 0 Å². The predicted octanol–water partition coefficient (Wildman–Crippen LogP) is 3.89. The van der Waals surface area contributed by atoms with Crippen molar-refractivity contribution in [3.63, 3.8) is 0 Å². The fourth-order valence-corrected chi connectivity index (χ4v) is 2.50. The molecule has 0 radical (unpaired) electrons. The Morgan fingerprint density at radius 3 is 1.43 bits per heavy atom. The number of hydrogen-bond acceptors (Lipinski definition) is 10. The van der Waals surface area contributed by atoms with Gasteiger partial charge in [0.2, 0.25) is 0 Å². The summed E-state index contributed by atoms with van der Waals surface area (Å²) in [4.78, 5) is 41.6. The van der Waals surface area contributed by atoms with Crippen LogP contribution in [0.15, 0.2) is 36.4 Å². The molecule has 0 atom stereocenters. The summed E-state index contributed by atoms with van der Waals surface area (Å²) in [6, 6.07) is 8.59. The van der Waals surface area contributed by atoms with Gasteiger partial charge in [0.15, 0.2) is 0 Å². The van der Waals surface area contributed by atoms with Gasteiger partial charge in [-0.2, -0.15) is 0 Å². The largest absolute Gasteiger partial charge is 0.477 e. The van der Waals surface area contributed by atoms with Crippen molar-refractivity contribution in [2.45, 2.75) is 26.7 Å². The summed E-state index contributed by atoms with van der Waals surface area (Å²) in [7, 11) is 5.76. The van der Waals surface area contributed by atoms with Crippen LogP contribution in [-0.2, 0) is 18.9 Å². The van der Waals surface area contributed by atoms with Crippen LogP contribution >= 0.6 is 0 Å². The lowest BCUT2D eigenvalue weighted by molar-refractivity contribution is -0.385. The van der Waals surface area contributed by atoms with Gasteiger partial charge in [-0.05, 0) is 25.0 Å². The van der Waals surface area contributed by atoms with Gasteiger partial charge in [0.25, 0.3) is 17.3 Å². The summed E-state index contributed by atoms with van der Waals surface area (Å²) in [5, 5.41) is 29.7. The average Bonchev–Trinajstić information content (AvgIpc) is 2.83. The predicted molar refractivity (Wildman–Crippen MR) is 123 cm³/mol. The normalized spacial score (nSPS) is 10.1. The summed E-state index contributed by atoms with van der Waals surface area (Å²) >= 11 is 0. The third-order valence-corrected chi connectivity index (χ3v) is 4.61. The van der Waals surface area contributed by atoms with Crippen molar-refractivity contribution in [1.82, 2.24) is 0 Å². The highest BCUT2D eigenvalue weighted by molar-refractivity contribution is 5.95. The topological polar surface area (TPSA) is 178 Å². The molecule has 1 N–H and O–H groups in total. The Bertz CT molecular complexity index is 1040. The lowest BCUT2D eigenvalue weighted by atomic mass is 10.1. The molecule has 0 aliphatic rings. The second-order valence-electron chi connectivity index (χ2n) is 6.72. The molecule has 0 spiro atoms. The van der Waals surface area contributed by atoms with Crippen LogP contribution in [0.5, 0.6) is 0 Å². The molecule has 0 heterocycles. The van der Waals surface area contributed by atoms with E-state index in [4.69, 9.17) is 19.3 Å². The van der Waals surface area contributed by atoms with E-state index >= 15 is 0 Å². The number of aromatic carboxylic acids is 1. The monoisotopic (exact) mass is 496 g/mol. The van der Waals surface area contributed by atoms with Gasteiger partial charge in [0.05, 0.1) is 17.0 Å². The molecular weight excluding hydrogens is 468 g/mol. The highest BCUT2D eigenvalue weighted by Gasteiger charge is 2.23. The molecule has 192 valence electrons. The fraction of sp³-hybridized carbons (Fsp3) is 0.364. The Morgan fingerprint density at radius 2 is 1.17 bits per heavy atom. The van der Waals surface area contributed by atoms with Crippen molar-refractivity contribution in [3.05, 3.63) is 78.9 Å². The number of benzene rings is 2. The molecule has 0 saturated heterocycles. The molecule has 0 fully saturated rings. The summed E-state index contributed by atoms with van der Waals surface area (Å²) in [5.74, 6) is -2.83. The van der Waals surface area contributed by atoms with Gasteiger partial charge < -0.3 is 24.1 Å². The molecule has 0 bridgehead atoms. The molecule has 35 heavy (non-hydrogen) atoms. The number of rotatable bonds is 7. The van der Waals surface area contributed by atoms with E-state index in [1.807, 2.05) is 0 Å². The van der Waals surface area contributed by atoms with E-state index in [1.165, 1.54) is 65.7 Å².